The topological polar surface area (TPSA) is 122 Å². The molecule has 0 amide bonds. The second-order valence-corrected chi connectivity index (χ2v) is 8.02. The Bertz CT molecular complexity index is 1500. The van der Waals surface area contributed by atoms with Crippen LogP contribution in [-0.4, -0.2) is 29.3 Å². The maximum atomic E-state index is 15.1. The molecular weight excluding hydrogens is 432 g/mol. The molecule has 2 N–H and O–H groups in total. The molecule has 0 aliphatic heterocycles. The Morgan fingerprint density at radius 1 is 1.29 bits per heavy atom. The minimum absolute atomic E-state index is 0.0341. The molecular formula is C19H11F2N5O4S. The summed E-state index contributed by atoms with van der Waals surface area (Å²) in [5.41, 5.74) is -1.34. The summed E-state index contributed by atoms with van der Waals surface area (Å²) in [6, 6.07) is 2.98. The van der Waals surface area contributed by atoms with Crippen LogP contribution in [0.4, 0.5) is 20.2 Å². The predicted octanol–water partition coefficient (Wildman–Crippen LogP) is 3.72. The molecule has 0 bridgehead atoms. The number of rotatable bonds is 5. The number of anilines is 1. The number of nitrogens with one attached hydrogen (secondary N) is 2. The lowest BCUT2D eigenvalue weighted by Gasteiger charge is -2.11. The number of hydrogen-bond donors (Lipinski definition) is 2. The molecule has 0 saturated heterocycles. The number of aryl methyl sites for hydroxylation is 1. The Kier molecular flexibility index (Phi) is 4.75. The van der Waals surface area contributed by atoms with Crippen molar-refractivity contribution in [3.63, 3.8) is 0 Å². The summed E-state index contributed by atoms with van der Waals surface area (Å²) in [5.74, 6) is -3.66. The summed E-state index contributed by atoms with van der Waals surface area (Å²) >= 11 is 0. The van der Waals surface area contributed by atoms with E-state index in [1.165, 1.54) is 25.4 Å². The maximum Gasteiger partial charge on any atom is 0.267 e. The summed E-state index contributed by atoms with van der Waals surface area (Å²) in [7, 11) is -4.31. The molecule has 0 radical (unpaired) electrons. The molecule has 31 heavy (non-hydrogen) atoms. The number of aromatic amines is 1. The number of aromatic nitrogens is 3. The van der Waals surface area contributed by atoms with Crippen molar-refractivity contribution in [3.8, 4) is 0 Å². The van der Waals surface area contributed by atoms with Gasteiger partial charge in [-0.05, 0) is 25.1 Å². The van der Waals surface area contributed by atoms with Crippen molar-refractivity contribution in [1.82, 2.24) is 15.1 Å². The maximum absolute atomic E-state index is 15.1. The number of ketones is 1. The lowest BCUT2D eigenvalue weighted by atomic mass is 10.0. The van der Waals surface area contributed by atoms with Gasteiger partial charge < -0.3 is 9.51 Å². The number of H-pyrrole nitrogens is 1. The van der Waals surface area contributed by atoms with Gasteiger partial charge in [0.25, 0.3) is 10.0 Å². The first-order chi connectivity index (χ1) is 14.7. The smallest absolute Gasteiger partial charge is 0.267 e. The number of nitrogens with zero attached hydrogens (tertiary/aromatic N) is 3. The molecule has 9 nitrogen and oxygen atoms in total. The number of halogens is 2. The third-order valence-electron chi connectivity index (χ3n) is 4.45. The number of fused-ring (bicyclic) bond motifs is 1. The van der Waals surface area contributed by atoms with Gasteiger partial charge in [-0.3, -0.25) is 14.5 Å². The number of carbonyl (C=O) groups is 1. The molecule has 4 rings (SSSR count). The van der Waals surface area contributed by atoms with E-state index in [0.717, 1.165) is 18.3 Å². The fourth-order valence-corrected chi connectivity index (χ4v) is 4.12. The molecule has 0 atom stereocenters. The van der Waals surface area contributed by atoms with Crippen LogP contribution in [0.3, 0.4) is 0 Å². The van der Waals surface area contributed by atoms with Crippen molar-refractivity contribution in [1.29, 1.82) is 0 Å². The molecule has 1 aromatic carbocycles. The molecule has 3 heterocycles. The molecule has 0 fully saturated rings. The molecule has 156 valence electrons. The standard InChI is InChI=1S/C19H11F2N5O4S/c1-9-15(8-25-30-9)31(28,29)26-14-4-3-13(20)16(17(14)21)18(27)12-7-24-19-11(12)5-10(22-2)6-23-19/h3-8,26H,1H3,(H,23,24). The monoisotopic (exact) mass is 443 g/mol. The van der Waals surface area contributed by atoms with E-state index < -0.39 is 38.7 Å². The molecule has 4 aromatic rings. The summed E-state index contributed by atoms with van der Waals surface area (Å²) in [6.45, 7) is 8.41. The van der Waals surface area contributed by atoms with Crippen molar-refractivity contribution in [2.45, 2.75) is 11.8 Å². The van der Waals surface area contributed by atoms with Crippen LogP contribution in [0.5, 0.6) is 0 Å². The van der Waals surface area contributed by atoms with E-state index in [1.807, 2.05) is 4.72 Å². The van der Waals surface area contributed by atoms with Gasteiger partial charge in [0.2, 0.25) is 11.5 Å². The summed E-state index contributed by atoms with van der Waals surface area (Å²) in [4.78, 5) is 22.5. The average molecular weight is 443 g/mol. The molecule has 0 unspecified atom stereocenters. The van der Waals surface area contributed by atoms with Gasteiger partial charge in [0.15, 0.2) is 11.6 Å². The first-order valence-corrected chi connectivity index (χ1v) is 10.0. The number of carbonyl (C=O) groups excluding carboxylic acids is 1. The Morgan fingerprint density at radius 2 is 2.06 bits per heavy atom. The number of benzene rings is 1. The van der Waals surface area contributed by atoms with Gasteiger partial charge in [-0.2, -0.15) is 0 Å². The van der Waals surface area contributed by atoms with Crippen LogP contribution < -0.4 is 4.72 Å². The van der Waals surface area contributed by atoms with Gasteiger partial charge in [-0.1, -0.05) is 5.16 Å². The van der Waals surface area contributed by atoms with Crippen LogP contribution >= 0.6 is 0 Å². The minimum Gasteiger partial charge on any atom is -0.360 e. The summed E-state index contributed by atoms with van der Waals surface area (Å²) in [5, 5.41) is 3.55. The Balaban J connectivity index is 1.79. The van der Waals surface area contributed by atoms with Crippen LogP contribution in [0.2, 0.25) is 0 Å². The second kappa shape index (κ2) is 7.29. The van der Waals surface area contributed by atoms with E-state index in [2.05, 4.69) is 20.0 Å². The third kappa shape index (κ3) is 3.40. The van der Waals surface area contributed by atoms with Gasteiger partial charge in [0.1, 0.15) is 16.4 Å². The summed E-state index contributed by atoms with van der Waals surface area (Å²) in [6.07, 6.45) is 3.42. The third-order valence-corrected chi connectivity index (χ3v) is 5.91. The van der Waals surface area contributed by atoms with Gasteiger partial charge in [-0.25, -0.2) is 22.0 Å². The van der Waals surface area contributed by atoms with Crippen LogP contribution in [0, 0.1) is 25.1 Å². The molecule has 12 heteroatoms. The van der Waals surface area contributed by atoms with E-state index >= 15 is 4.39 Å². The average Bonchev–Trinajstić information content (AvgIpc) is 3.36. The van der Waals surface area contributed by atoms with Gasteiger partial charge >= 0.3 is 0 Å². The van der Waals surface area contributed by atoms with Crippen LogP contribution in [0.1, 0.15) is 21.7 Å². The highest BCUT2D eigenvalue weighted by atomic mass is 32.2. The van der Waals surface area contributed by atoms with E-state index in [4.69, 9.17) is 11.1 Å². The van der Waals surface area contributed by atoms with Crippen molar-refractivity contribution < 1.29 is 26.5 Å². The molecule has 0 aliphatic rings. The first kappa shape index (κ1) is 20.2. The molecule has 3 aromatic heterocycles. The lowest BCUT2D eigenvalue weighted by molar-refractivity contribution is 0.103. The fraction of sp³-hybridized carbons (Fsp3) is 0.0526. The SMILES string of the molecule is [C-]#[N+]c1cnc2[nH]cc(C(=O)c3c(F)ccc(NS(=O)(=O)c4cnoc4C)c3F)c2c1. The molecule has 0 spiro atoms. The van der Waals surface area contributed by atoms with Crippen molar-refractivity contribution >= 4 is 38.2 Å². The number of pyridine rings is 1. The highest BCUT2D eigenvalue weighted by Gasteiger charge is 2.27. The summed E-state index contributed by atoms with van der Waals surface area (Å²) < 4.78 is 61.2. The second-order valence-electron chi connectivity index (χ2n) is 6.37. The van der Waals surface area contributed by atoms with Crippen LogP contribution in [0.15, 0.2) is 46.2 Å². The number of sulfonamides is 1. The number of hydrogen-bond acceptors (Lipinski definition) is 6. The van der Waals surface area contributed by atoms with Crippen molar-refractivity contribution in [2.75, 3.05) is 4.72 Å². The van der Waals surface area contributed by atoms with E-state index in [1.54, 1.807) is 0 Å². The normalized spacial score (nSPS) is 11.4. The molecule has 0 aliphatic carbocycles. The Hall–Kier alpha value is -4.11. The highest BCUT2D eigenvalue weighted by molar-refractivity contribution is 7.92. The Morgan fingerprint density at radius 3 is 2.74 bits per heavy atom. The van der Waals surface area contributed by atoms with Crippen molar-refractivity contribution in [3.05, 3.63) is 76.7 Å². The largest absolute Gasteiger partial charge is 0.360 e. The zero-order chi connectivity index (χ0) is 22.3. The van der Waals surface area contributed by atoms with Crippen LogP contribution in [-0.2, 0) is 10.0 Å². The van der Waals surface area contributed by atoms with Crippen molar-refractivity contribution in [2.24, 2.45) is 0 Å². The lowest BCUT2D eigenvalue weighted by Crippen LogP contribution is -2.16. The van der Waals surface area contributed by atoms with Gasteiger partial charge in [-0.15, -0.1) is 0 Å². The van der Waals surface area contributed by atoms with E-state index in [-0.39, 0.29) is 32.9 Å². The zero-order valence-electron chi connectivity index (χ0n) is 15.6. The van der Waals surface area contributed by atoms with Gasteiger partial charge in [0, 0.05) is 23.3 Å². The Labute approximate surface area is 173 Å². The van der Waals surface area contributed by atoms with E-state index in [0.29, 0.717) is 0 Å². The fourth-order valence-electron chi connectivity index (χ4n) is 2.96. The molecule has 0 saturated carbocycles. The quantitative estimate of drug-likeness (QED) is 0.358. The first-order valence-electron chi connectivity index (χ1n) is 8.54. The minimum atomic E-state index is -4.31. The van der Waals surface area contributed by atoms with Crippen LogP contribution in [0.25, 0.3) is 15.9 Å². The highest BCUT2D eigenvalue weighted by Crippen LogP contribution is 2.29. The predicted molar refractivity (Wildman–Crippen MR) is 104 cm³/mol. The van der Waals surface area contributed by atoms with Gasteiger partial charge in [0.05, 0.1) is 24.0 Å². The zero-order valence-corrected chi connectivity index (χ0v) is 16.4. The van der Waals surface area contributed by atoms with E-state index in [9.17, 15) is 17.6 Å².